The van der Waals surface area contributed by atoms with Gasteiger partial charge in [-0.2, -0.15) is 0 Å². The summed E-state index contributed by atoms with van der Waals surface area (Å²) in [6.07, 6.45) is 3.52. The van der Waals surface area contributed by atoms with Gasteiger partial charge in [0.25, 0.3) is 5.91 Å². The van der Waals surface area contributed by atoms with E-state index < -0.39 is 0 Å². The molecule has 5 heteroatoms. The summed E-state index contributed by atoms with van der Waals surface area (Å²) in [5, 5.41) is 5.88. The summed E-state index contributed by atoms with van der Waals surface area (Å²) in [6, 6.07) is 7.21. The number of amides is 1. The molecular formula is C16H20N4O. The van der Waals surface area contributed by atoms with Crippen molar-refractivity contribution in [2.45, 2.75) is 26.7 Å². The van der Waals surface area contributed by atoms with Crippen LogP contribution in [-0.2, 0) is 6.42 Å². The van der Waals surface area contributed by atoms with Gasteiger partial charge in [0.15, 0.2) is 0 Å². The third-order valence-corrected chi connectivity index (χ3v) is 3.06. The average molecular weight is 284 g/mol. The number of aryl methyl sites for hydroxylation is 2. The number of hydrogen-bond acceptors (Lipinski definition) is 4. The first kappa shape index (κ1) is 15.0. The van der Waals surface area contributed by atoms with Crippen LogP contribution >= 0.6 is 0 Å². The molecule has 0 aromatic carbocycles. The maximum absolute atomic E-state index is 12.4. The van der Waals surface area contributed by atoms with Crippen molar-refractivity contribution in [2.75, 3.05) is 17.7 Å². The second-order valence-electron chi connectivity index (χ2n) is 4.87. The zero-order valence-corrected chi connectivity index (χ0v) is 12.6. The summed E-state index contributed by atoms with van der Waals surface area (Å²) in [7, 11) is 1.80. The predicted molar refractivity (Wildman–Crippen MR) is 84.7 cm³/mol. The van der Waals surface area contributed by atoms with Crippen molar-refractivity contribution < 1.29 is 4.79 Å². The minimum absolute atomic E-state index is 0.142. The Hall–Kier alpha value is -2.43. The summed E-state index contributed by atoms with van der Waals surface area (Å²) in [6.45, 7) is 3.98. The summed E-state index contributed by atoms with van der Waals surface area (Å²) in [5.74, 6) is 0.564. The Kier molecular flexibility index (Phi) is 4.87. The molecule has 0 atom stereocenters. The Bertz CT molecular complexity index is 640. The van der Waals surface area contributed by atoms with Gasteiger partial charge in [0.1, 0.15) is 5.82 Å². The second kappa shape index (κ2) is 6.83. The van der Waals surface area contributed by atoms with E-state index in [-0.39, 0.29) is 5.91 Å². The average Bonchev–Trinajstić information content (AvgIpc) is 2.47. The molecule has 0 radical (unpaired) electrons. The number of nitrogens with zero attached hydrogens (tertiary/aromatic N) is 2. The second-order valence-corrected chi connectivity index (χ2v) is 4.87. The van der Waals surface area contributed by atoms with E-state index in [0.717, 1.165) is 29.9 Å². The molecule has 2 aromatic heterocycles. The molecule has 0 aliphatic rings. The Morgan fingerprint density at radius 2 is 2.10 bits per heavy atom. The quantitative estimate of drug-likeness (QED) is 0.885. The van der Waals surface area contributed by atoms with E-state index in [9.17, 15) is 4.79 Å². The van der Waals surface area contributed by atoms with Crippen LogP contribution in [0.15, 0.2) is 30.5 Å². The fourth-order valence-electron chi connectivity index (χ4n) is 2.06. The Morgan fingerprint density at radius 3 is 2.76 bits per heavy atom. The molecular weight excluding hydrogens is 264 g/mol. The monoisotopic (exact) mass is 284 g/mol. The minimum Gasteiger partial charge on any atom is -0.373 e. The minimum atomic E-state index is -0.142. The first-order valence-electron chi connectivity index (χ1n) is 7.05. The molecule has 2 rings (SSSR count). The predicted octanol–water partition coefficient (Wildman–Crippen LogP) is 3.03. The zero-order valence-electron chi connectivity index (χ0n) is 12.6. The lowest BCUT2D eigenvalue weighted by Gasteiger charge is -2.09. The number of carbonyl (C=O) groups is 1. The molecule has 1 amide bonds. The summed E-state index contributed by atoms with van der Waals surface area (Å²) >= 11 is 0. The lowest BCUT2D eigenvalue weighted by molar-refractivity contribution is 0.102. The van der Waals surface area contributed by atoms with Gasteiger partial charge in [0.2, 0.25) is 0 Å². The van der Waals surface area contributed by atoms with Gasteiger partial charge in [-0.25, -0.2) is 4.98 Å². The van der Waals surface area contributed by atoms with E-state index in [1.165, 1.54) is 0 Å². The van der Waals surface area contributed by atoms with Crippen LogP contribution in [0, 0.1) is 6.92 Å². The van der Waals surface area contributed by atoms with Crippen LogP contribution in [0.1, 0.15) is 35.1 Å². The van der Waals surface area contributed by atoms with Gasteiger partial charge >= 0.3 is 0 Å². The van der Waals surface area contributed by atoms with Gasteiger partial charge < -0.3 is 10.6 Å². The van der Waals surface area contributed by atoms with Gasteiger partial charge in [0.05, 0.1) is 0 Å². The van der Waals surface area contributed by atoms with Gasteiger partial charge in [-0.05, 0) is 37.6 Å². The molecule has 5 nitrogen and oxygen atoms in total. The van der Waals surface area contributed by atoms with Crippen LogP contribution in [0.5, 0.6) is 0 Å². The highest BCUT2D eigenvalue weighted by molar-refractivity contribution is 6.04. The molecule has 0 aliphatic carbocycles. The number of anilines is 2. The highest BCUT2D eigenvalue weighted by atomic mass is 16.1. The fourth-order valence-corrected chi connectivity index (χ4v) is 2.06. The molecule has 2 heterocycles. The zero-order chi connectivity index (χ0) is 15.2. The number of rotatable bonds is 5. The van der Waals surface area contributed by atoms with Crippen LogP contribution < -0.4 is 10.6 Å². The van der Waals surface area contributed by atoms with Crippen LogP contribution in [-0.4, -0.2) is 22.9 Å². The lowest BCUT2D eigenvalue weighted by Crippen LogP contribution is -2.13. The summed E-state index contributed by atoms with van der Waals surface area (Å²) in [5.41, 5.74) is 3.13. The standard InChI is InChI=1S/C16H20N4O/c1-4-5-13-9-12(10-15(17-3)19-13)16(21)20-14-6-7-18-11(2)8-14/h6-10H,4-5H2,1-3H3,(H,17,19)(H,18,20,21). The third-order valence-electron chi connectivity index (χ3n) is 3.06. The lowest BCUT2D eigenvalue weighted by atomic mass is 10.1. The molecule has 0 spiro atoms. The molecule has 110 valence electrons. The van der Waals surface area contributed by atoms with Crippen LogP contribution in [0.2, 0.25) is 0 Å². The van der Waals surface area contributed by atoms with Crippen molar-refractivity contribution in [1.82, 2.24) is 9.97 Å². The number of hydrogen-bond donors (Lipinski definition) is 2. The van der Waals surface area contributed by atoms with Crippen molar-refractivity contribution in [3.8, 4) is 0 Å². The number of aromatic nitrogens is 2. The van der Waals surface area contributed by atoms with Crippen molar-refractivity contribution in [2.24, 2.45) is 0 Å². The highest BCUT2D eigenvalue weighted by Gasteiger charge is 2.10. The van der Waals surface area contributed by atoms with Crippen molar-refractivity contribution in [3.05, 3.63) is 47.4 Å². The van der Waals surface area contributed by atoms with Crippen LogP contribution in [0.3, 0.4) is 0 Å². The normalized spacial score (nSPS) is 10.2. The van der Waals surface area contributed by atoms with Crippen molar-refractivity contribution >= 4 is 17.4 Å². The number of pyridine rings is 2. The van der Waals surface area contributed by atoms with E-state index in [0.29, 0.717) is 11.4 Å². The van der Waals surface area contributed by atoms with Crippen LogP contribution in [0.25, 0.3) is 0 Å². The van der Waals surface area contributed by atoms with E-state index >= 15 is 0 Å². The van der Waals surface area contributed by atoms with Gasteiger partial charge in [-0.3, -0.25) is 9.78 Å². The SMILES string of the molecule is CCCc1cc(C(=O)Nc2ccnc(C)c2)cc(NC)n1. The van der Waals surface area contributed by atoms with Crippen molar-refractivity contribution in [1.29, 1.82) is 0 Å². The molecule has 0 saturated carbocycles. The third kappa shape index (κ3) is 4.02. The van der Waals surface area contributed by atoms with Gasteiger partial charge in [-0.15, -0.1) is 0 Å². The highest BCUT2D eigenvalue weighted by Crippen LogP contribution is 2.14. The molecule has 2 aromatic rings. The largest absolute Gasteiger partial charge is 0.373 e. The maximum Gasteiger partial charge on any atom is 0.255 e. The molecule has 0 unspecified atom stereocenters. The Labute approximate surface area is 124 Å². The topological polar surface area (TPSA) is 66.9 Å². The van der Waals surface area contributed by atoms with Crippen LogP contribution in [0.4, 0.5) is 11.5 Å². The van der Waals surface area contributed by atoms with Crippen molar-refractivity contribution in [3.63, 3.8) is 0 Å². The van der Waals surface area contributed by atoms with E-state index in [4.69, 9.17) is 0 Å². The Morgan fingerprint density at radius 1 is 1.29 bits per heavy atom. The summed E-state index contributed by atoms with van der Waals surface area (Å²) in [4.78, 5) is 20.9. The molecule has 0 aliphatic heterocycles. The van der Waals surface area contributed by atoms with Gasteiger partial charge in [-0.1, -0.05) is 13.3 Å². The number of carbonyl (C=O) groups excluding carboxylic acids is 1. The molecule has 21 heavy (non-hydrogen) atoms. The van der Waals surface area contributed by atoms with E-state index in [2.05, 4.69) is 27.5 Å². The number of nitrogens with one attached hydrogen (secondary N) is 2. The van der Waals surface area contributed by atoms with E-state index in [1.54, 1.807) is 25.4 Å². The molecule has 2 N–H and O–H groups in total. The molecule has 0 bridgehead atoms. The first-order chi connectivity index (χ1) is 10.1. The smallest absolute Gasteiger partial charge is 0.255 e. The molecule has 0 saturated heterocycles. The molecule has 0 fully saturated rings. The van der Waals surface area contributed by atoms with E-state index in [1.807, 2.05) is 19.1 Å². The Balaban J connectivity index is 2.23. The maximum atomic E-state index is 12.4. The summed E-state index contributed by atoms with van der Waals surface area (Å²) < 4.78 is 0. The fraction of sp³-hybridized carbons (Fsp3) is 0.312. The first-order valence-corrected chi connectivity index (χ1v) is 7.05. The van der Waals surface area contributed by atoms with Gasteiger partial charge in [0, 0.05) is 35.9 Å².